The first-order chi connectivity index (χ1) is 12.0. The number of aromatic nitrogens is 1. The molecule has 6 heteroatoms. The first-order valence-electron chi connectivity index (χ1n) is 7.74. The predicted octanol–water partition coefficient (Wildman–Crippen LogP) is 4.19. The van der Waals surface area contributed by atoms with Gasteiger partial charge >= 0.3 is 5.97 Å². The molecule has 128 valence electrons. The minimum absolute atomic E-state index is 0.201. The second kappa shape index (κ2) is 6.94. The molecule has 0 saturated heterocycles. The van der Waals surface area contributed by atoms with Crippen LogP contribution in [0.25, 0.3) is 5.00 Å². The molecule has 25 heavy (non-hydrogen) atoms. The van der Waals surface area contributed by atoms with Crippen LogP contribution in [-0.4, -0.2) is 23.6 Å². The van der Waals surface area contributed by atoms with Crippen molar-refractivity contribution in [3.8, 4) is 5.00 Å². The maximum atomic E-state index is 12.9. The van der Waals surface area contributed by atoms with Crippen molar-refractivity contribution in [1.29, 1.82) is 0 Å². The third kappa shape index (κ3) is 3.34. The monoisotopic (exact) mass is 354 g/mol. The van der Waals surface area contributed by atoms with E-state index in [1.165, 1.54) is 7.11 Å². The number of benzene rings is 1. The van der Waals surface area contributed by atoms with Crippen molar-refractivity contribution in [2.45, 2.75) is 13.8 Å². The molecule has 0 fully saturated rings. The summed E-state index contributed by atoms with van der Waals surface area (Å²) in [6.07, 6.45) is 3.83. The van der Waals surface area contributed by atoms with Gasteiger partial charge in [-0.05, 0) is 49.7 Å². The van der Waals surface area contributed by atoms with Crippen molar-refractivity contribution in [3.63, 3.8) is 0 Å². The van der Waals surface area contributed by atoms with Crippen LogP contribution in [0.4, 0.5) is 5.69 Å². The number of ether oxygens (including phenoxy) is 1. The number of aryl methyl sites for hydroxylation is 1. The Morgan fingerprint density at radius 1 is 1.12 bits per heavy atom. The Morgan fingerprint density at radius 2 is 1.84 bits per heavy atom. The number of amides is 1. The highest BCUT2D eigenvalue weighted by molar-refractivity contribution is 7.15. The fourth-order valence-electron chi connectivity index (χ4n) is 2.56. The molecule has 1 amide bonds. The van der Waals surface area contributed by atoms with Gasteiger partial charge in [0.2, 0.25) is 0 Å². The van der Waals surface area contributed by atoms with Crippen LogP contribution in [0.3, 0.4) is 0 Å². The Labute approximate surface area is 149 Å². The summed E-state index contributed by atoms with van der Waals surface area (Å²) >= 11 is 1.58. The van der Waals surface area contributed by atoms with E-state index in [0.717, 1.165) is 15.4 Å². The Balaban J connectivity index is 1.94. The number of methoxy groups -OCH3 is 1. The minimum Gasteiger partial charge on any atom is -0.465 e. The second-order valence-corrected chi connectivity index (χ2v) is 6.78. The van der Waals surface area contributed by atoms with Gasteiger partial charge in [-0.2, -0.15) is 0 Å². The first-order valence-corrected chi connectivity index (χ1v) is 8.56. The van der Waals surface area contributed by atoms with Gasteiger partial charge in [-0.15, -0.1) is 11.3 Å². The van der Waals surface area contributed by atoms with Gasteiger partial charge in [-0.1, -0.05) is 6.07 Å². The first kappa shape index (κ1) is 17.0. The van der Waals surface area contributed by atoms with Gasteiger partial charge in [0.15, 0.2) is 0 Å². The maximum Gasteiger partial charge on any atom is 0.337 e. The maximum absolute atomic E-state index is 12.9. The highest BCUT2D eigenvalue weighted by Gasteiger charge is 2.21. The topological polar surface area (TPSA) is 60.3 Å². The zero-order chi connectivity index (χ0) is 18.0. The number of rotatable bonds is 4. The van der Waals surface area contributed by atoms with Gasteiger partial charge in [0.05, 0.1) is 18.2 Å². The zero-order valence-electron chi connectivity index (χ0n) is 14.2. The molecule has 0 bridgehead atoms. The van der Waals surface area contributed by atoms with Gasteiger partial charge < -0.3 is 14.6 Å². The average molecular weight is 354 g/mol. The molecular formula is C19H18N2O3S. The molecule has 2 heterocycles. The molecule has 0 atom stereocenters. The second-order valence-electron chi connectivity index (χ2n) is 5.58. The standard InChI is InChI=1S/C19H18N2O3S/c1-12-13(2)25-18(21-9-4-5-10-21)16(12)17(22)20-15-8-6-7-14(11-15)19(23)24-3/h4-11H,1-3H3,(H,20,22). The summed E-state index contributed by atoms with van der Waals surface area (Å²) < 4.78 is 6.65. The number of carbonyl (C=O) groups is 2. The predicted molar refractivity (Wildman–Crippen MR) is 98.9 cm³/mol. The van der Waals surface area contributed by atoms with E-state index >= 15 is 0 Å². The van der Waals surface area contributed by atoms with Crippen LogP contribution in [0.5, 0.6) is 0 Å². The Hall–Kier alpha value is -2.86. The number of nitrogens with zero attached hydrogens (tertiary/aromatic N) is 1. The van der Waals surface area contributed by atoms with Crippen LogP contribution < -0.4 is 5.32 Å². The summed E-state index contributed by atoms with van der Waals surface area (Å²) in [6.45, 7) is 3.94. The van der Waals surface area contributed by atoms with Crippen molar-refractivity contribution in [2.24, 2.45) is 0 Å². The number of nitrogens with one attached hydrogen (secondary N) is 1. The van der Waals surface area contributed by atoms with Gasteiger partial charge in [0.1, 0.15) is 5.00 Å². The quantitative estimate of drug-likeness (QED) is 0.715. The molecule has 2 aromatic heterocycles. The van der Waals surface area contributed by atoms with Gasteiger partial charge in [-0.25, -0.2) is 4.79 Å². The van der Waals surface area contributed by atoms with Crippen LogP contribution in [0.2, 0.25) is 0 Å². The van der Waals surface area contributed by atoms with E-state index in [9.17, 15) is 9.59 Å². The van der Waals surface area contributed by atoms with Crippen LogP contribution in [-0.2, 0) is 4.74 Å². The molecule has 1 aromatic carbocycles. The fraction of sp³-hybridized carbons (Fsp3) is 0.158. The van der Waals surface area contributed by atoms with E-state index in [-0.39, 0.29) is 5.91 Å². The van der Waals surface area contributed by atoms with E-state index in [4.69, 9.17) is 4.74 Å². The number of esters is 1. The fourth-order valence-corrected chi connectivity index (χ4v) is 3.68. The number of hydrogen-bond acceptors (Lipinski definition) is 4. The highest BCUT2D eigenvalue weighted by Crippen LogP contribution is 2.31. The molecule has 0 aliphatic carbocycles. The summed E-state index contributed by atoms with van der Waals surface area (Å²) in [5.41, 5.74) is 2.54. The molecule has 0 aliphatic heterocycles. The molecule has 0 radical (unpaired) electrons. The lowest BCUT2D eigenvalue weighted by atomic mass is 10.1. The van der Waals surface area contributed by atoms with Crippen molar-refractivity contribution in [1.82, 2.24) is 4.57 Å². The molecule has 5 nitrogen and oxygen atoms in total. The molecule has 0 aliphatic rings. The van der Waals surface area contributed by atoms with E-state index < -0.39 is 5.97 Å². The number of anilines is 1. The van der Waals surface area contributed by atoms with Crippen molar-refractivity contribution in [3.05, 3.63) is 70.4 Å². The van der Waals surface area contributed by atoms with Crippen LogP contribution in [0.1, 0.15) is 31.2 Å². The lowest BCUT2D eigenvalue weighted by molar-refractivity contribution is 0.0600. The normalized spacial score (nSPS) is 10.5. The average Bonchev–Trinajstić information content (AvgIpc) is 3.23. The number of thiophene rings is 1. The highest BCUT2D eigenvalue weighted by atomic mass is 32.1. The SMILES string of the molecule is COC(=O)c1cccc(NC(=O)c2c(-n3cccc3)sc(C)c2C)c1. The molecule has 0 unspecified atom stereocenters. The lowest BCUT2D eigenvalue weighted by Gasteiger charge is -2.09. The molecule has 3 aromatic rings. The lowest BCUT2D eigenvalue weighted by Crippen LogP contribution is -2.15. The largest absolute Gasteiger partial charge is 0.465 e. The molecular weight excluding hydrogens is 336 g/mol. The van der Waals surface area contributed by atoms with Gasteiger partial charge in [0, 0.05) is 23.0 Å². The third-order valence-corrected chi connectivity index (χ3v) is 5.19. The van der Waals surface area contributed by atoms with Crippen molar-refractivity contribution < 1.29 is 14.3 Å². The number of carbonyl (C=O) groups excluding carboxylic acids is 2. The third-order valence-electron chi connectivity index (χ3n) is 3.97. The van der Waals surface area contributed by atoms with E-state index in [1.807, 2.05) is 42.9 Å². The van der Waals surface area contributed by atoms with Crippen LogP contribution >= 0.6 is 11.3 Å². The molecule has 0 spiro atoms. The van der Waals surface area contributed by atoms with Crippen molar-refractivity contribution in [2.75, 3.05) is 12.4 Å². The van der Waals surface area contributed by atoms with E-state index in [0.29, 0.717) is 16.8 Å². The Morgan fingerprint density at radius 3 is 2.52 bits per heavy atom. The summed E-state index contributed by atoms with van der Waals surface area (Å²) in [5.74, 6) is -0.640. The molecule has 0 saturated carbocycles. The Kier molecular flexibility index (Phi) is 4.72. The van der Waals surface area contributed by atoms with Crippen LogP contribution in [0.15, 0.2) is 48.8 Å². The summed E-state index contributed by atoms with van der Waals surface area (Å²) in [4.78, 5) is 25.6. The smallest absolute Gasteiger partial charge is 0.337 e. The molecule has 1 N–H and O–H groups in total. The van der Waals surface area contributed by atoms with Crippen molar-refractivity contribution >= 4 is 28.9 Å². The van der Waals surface area contributed by atoms with E-state index in [2.05, 4.69) is 5.32 Å². The van der Waals surface area contributed by atoms with Crippen LogP contribution in [0, 0.1) is 13.8 Å². The zero-order valence-corrected chi connectivity index (χ0v) is 15.0. The van der Waals surface area contributed by atoms with E-state index in [1.54, 1.807) is 35.6 Å². The molecule has 3 rings (SSSR count). The Bertz CT molecular complexity index is 926. The minimum atomic E-state index is -0.438. The number of hydrogen-bond donors (Lipinski definition) is 1. The summed E-state index contributed by atoms with van der Waals surface area (Å²) in [6, 6.07) is 10.5. The summed E-state index contributed by atoms with van der Waals surface area (Å²) in [5, 5.41) is 3.76. The summed E-state index contributed by atoms with van der Waals surface area (Å²) in [7, 11) is 1.33. The van der Waals surface area contributed by atoms with Gasteiger partial charge in [0.25, 0.3) is 5.91 Å². The van der Waals surface area contributed by atoms with Gasteiger partial charge in [-0.3, -0.25) is 4.79 Å².